The zero-order valence-corrected chi connectivity index (χ0v) is 10.2. The van der Waals surface area contributed by atoms with Gasteiger partial charge in [-0.2, -0.15) is 0 Å². The van der Waals surface area contributed by atoms with Crippen LogP contribution in [0.1, 0.15) is 47.8 Å². The molecule has 2 aliphatic carbocycles. The average molecular weight is 223 g/mol. The Hall–Kier alpha value is -1.50. The minimum Gasteiger partial charge on any atom is -0.323 e. The van der Waals surface area contributed by atoms with Crippen LogP contribution in [0.25, 0.3) is 5.69 Å². The summed E-state index contributed by atoms with van der Waals surface area (Å²) in [5, 5.41) is 0. The lowest BCUT2D eigenvalue weighted by Crippen LogP contribution is -1.92. The van der Waals surface area contributed by atoms with Crippen LogP contribution in [0.3, 0.4) is 0 Å². The van der Waals surface area contributed by atoms with Gasteiger partial charge in [0, 0.05) is 18.1 Å². The smallest absolute Gasteiger partial charge is 0.0449 e. The van der Waals surface area contributed by atoms with Crippen molar-refractivity contribution in [3.63, 3.8) is 0 Å². The van der Waals surface area contributed by atoms with Gasteiger partial charge in [0.2, 0.25) is 0 Å². The first kappa shape index (κ1) is 9.52. The molecule has 1 heterocycles. The number of hydrogen-bond donors (Lipinski definition) is 0. The van der Waals surface area contributed by atoms with Crippen molar-refractivity contribution in [1.29, 1.82) is 0 Å². The van der Waals surface area contributed by atoms with E-state index in [2.05, 4.69) is 48.1 Å². The van der Waals surface area contributed by atoms with E-state index in [-0.39, 0.29) is 0 Å². The van der Waals surface area contributed by atoms with Gasteiger partial charge >= 0.3 is 0 Å². The highest BCUT2D eigenvalue weighted by Gasteiger charge is 2.37. The number of aromatic nitrogens is 1. The van der Waals surface area contributed by atoms with Crippen molar-refractivity contribution in [2.75, 3.05) is 0 Å². The highest BCUT2D eigenvalue weighted by atomic mass is 15.0. The van der Waals surface area contributed by atoms with Gasteiger partial charge in [0.05, 0.1) is 0 Å². The van der Waals surface area contributed by atoms with Crippen molar-refractivity contribution < 1.29 is 0 Å². The fourth-order valence-corrected chi connectivity index (χ4v) is 3.58. The predicted molar refractivity (Wildman–Crippen MR) is 69.8 cm³/mol. The van der Waals surface area contributed by atoms with Crippen LogP contribution in [0.15, 0.2) is 36.7 Å². The summed E-state index contributed by atoms with van der Waals surface area (Å²) >= 11 is 0. The standard InChI is InChI=1S/C16H17N/c1-11-2-6-14(7-3-11)17-9-15-12-4-5-13(8-12)16(15)10-17/h2-3,6-7,9-10,12-13H,4-5,8H2,1H3. The lowest BCUT2D eigenvalue weighted by atomic mass is 9.96. The summed E-state index contributed by atoms with van der Waals surface area (Å²) in [6.07, 6.45) is 8.97. The minimum atomic E-state index is 0.863. The predicted octanol–water partition coefficient (Wildman–Crippen LogP) is 4.15. The van der Waals surface area contributed by atoms with E-state index in [0.717, 1.165) is 11.8 Å². The Morgan fingerprint density at radius 3 is 2.12 bits per heavy atom. The molecule has 1 aromatic heterocycles. The lowest BCUT2D eigenvalue weighted by molar-refractivity contribution is 0.722. The van der Waals surface area contributed by atoms with Gasteiger partial charge in [-0.25, -0.2) is 0 Å². The minimum absolute atomic E-state index is 0.863. The SMILES string of the molecule is Cc1ccc(-n2cc3c(c2)C2CCC3C2)cc1. The second-order valence-electron chi connectivity index (χ2n) is 5.62. The number of hydrogen-bond acceptors (Lipinski definition) is 0. The molecule has 1 nitrogen and oxygen atoms in total. The maximum atomic E-state index is 2.36. The van der Waals surface area contributed by atoms with Gasteiger partial charge in [0.25, 0.3) is 0 Å². The van der Waals surface area contributed by atoms with E-state index >= 15 is 0 Å². The van der Waals surface area contributed by atoms with Crippen molar-refractivity contribution in [3.05, 3.63) is 53.3 Å². The van der Waals surface area contributed by atoms with Crippen molar-refractivity contribution >= 4 is 0 Å². The maximum Gasteiger partial charge on any atom is 0.0449 e. The summed E-state index contributed by atoms with van der Waals surface area (Å²) in [4.78, 5) is 0. The van der Waals surface area contributed by atoms with E-state index in [1.54, 1.807) is 11.1 Å². The normalized spacial score (nSPS) is 25.2. The summed E-state index contributed by atoms with van der Waals surface area (Å²) < 4.78 is 2.31. The topological polar surface area (TPSA) is 4.93 Å². The largest absolute Gasteiger partial charge is 0.323 e. The monoisotopic (exact) mass is 223 g/mol. The molecule has 0 aliphatic heterocycles. The lowest BCUT2D eigenvalue weighted by Gasteiger charge is -2.07. The Balaban J connectivity index is 1.79. The molecular formula is C16H17N. The van der Waals surface area contributed by atoms with E-state index in [4.69, 9.17) is 0 Å². The molecule has 1 aromatic carbocycles. The van der Waals surface area contributed by atoms with Gasteiger partial charge in [0.1, 0.15) is 0 Å². The summed E-state index contributed by atoms with van der Waals surface area (Å²) in [7, 11) is 0. The number of rotatable bonds is 1. The fraction of sp³-hybridized carbons (Fsp3) is 0.375. The number of benzene rings is 1. The molecule has 1 fully saturated rings. The van der Waals surface area contributed by atoms with Gasteiger partial charge in [-0.15, -0.1) is 0 Å². The highest BCUT2D eigenvalue weighted by molar-refractivity contribution is 5.45. The Kier molecular flexibility index (Phi) is 1.82. The zero-order chi connectivity index (χ0) is 11.4. The van der Waals surface area contributed by atoms with Crippen LogP contribution in [0, 0.1) is 6.92 Å². The summed E-state index contributed by atoms with van der Waals surface area (Å²) in [6.45, 7) is 2.14. The highest BCUT2D eigenvalue weighted by Crippen LogP contribution is 2.53. The second-order valence-corrected chi connectivity index (χ2v) is 5.62. The molecule has 4 rings (SSSR count). The third-order valence-electron chi connectivity index (χ3n) is 4.53. The molecule has 0 radical (unpaired) electrons. The molecule has 0 amide bonds. The molecule has 86 valence electrons. The zero-order valence-electron chi connectivity index (χ0n) is 10.2. The van der Waals surface area contributed by atoms with Crippen LogP contribution >= 0.6 is 0 Å². The number of aryl methyl sites for hydroxylation is 1. The third-order valence-corrected chi connectivity index (χ3v) is 4.53. The van der Waals surface area contributed by atoms with Gasteiger partial charge in [-0.05, 0) is 61.3 Å². The third kappa shape index (κ3) is 1.32. The molecule has 1 heteroatoms. The molecule has 0 spiro atoms. The quantitative estimate of drug-likeness (QED) is 0.684. The second kappa shape index (κ2) is 3.25. The molecule has 2 aliphatic rings. The molecule has 2 atom stereocenters. The molecule has 2 aromatic rings. The van der Waals surface area contributed by atoms with Crippen molar-refractivity contribution in [2.24, 2.45) is 0 Å². The van der Waals surface area contributed by atoms with Crippen molar-refractivity contribution in [1.82, 2.24) is 4.57 Å². The molecule has 0 saturated heterocycles. The summed E-state index contributed by atoms with van der Waals surface area (Å²) in [5.74, 6) is 1.73. The number of fused-ring (bicyclic) bond motifs is 5. The van der Waals surface area contributed by atoms with E-state index in [9.17, 15) is 0 Å². The van der Waals surface area contributed by atoms with E-state index in [0.29, 0.717) is 0 Å². The molecule has 0 N–H and O–H groups in total. The maximum absolute atomic E-state index is 2.36. The van der Waals surface area contributed by atoms with Gasteiger partial charge in [-0.3, -0.25) is 0 Å². The number of nitrogens with zero attached hydrogens (tertiary/aromatic N) is 1. The van der Waals surface area contributed by atoms with Gasteiger partial charge in [0.15, 0.2) is 0 Å². The first-order chi connectivity index (χ1) is 8.31. The van der Waals surface area contributed by atoms with E-state index in [1.165, 1.54) is 30.5 Å². The van der Waals surface area contributed by atoms with Gasteiger partial charge in [-0.1, -0.05) is 17.7 Å². The molecule has 17 heavy (non-hydrogen) atoms. The first-order valence-electron chi connectivity index (χ1n) is 6.60. The Bertz CT molecular complexity index is 534. The van der Waals surface area contributed by atoms with Crippen LogP contribution in [-0.2, 0) is 0 Å². The molecule has 2 bridgehead atoms. The molecular weight excluding hydrogens is 206 g/mol. The van der Waals surface area contributed by atoms with Gasteiger partial charge < -0.3 is 4.57 Å². The van der Waals surface area contributed by atoms with Crippen molar-refractivity contribution in [3.8, 4) is 5.69 Å². The van der Waals surface area contributed by atoms with Crippen LogP contribution in [0.4, 0.5) is 0 Å². The molecule has 2 unspecified atom stereocenters. The Labute approximate surface area is 102 Å². The van der Waals surface area contributed by atoms with Crippen LogP contribution < -0.4 is 0 Å². The average Bonchev–Trinajstić information content (AvgIpc) is 3.02. The van der Waals surface area contributed by atoms with Crippen LogP contribution in [-0.4, -0.2) is 4.57 Å². The first-order valence-corrected chi connectivity index (χ1v) is 6.60. The Morgan fingerprint density at radius 2 is 1.53 bits per heavy atom. The molecule has 1 saturated carbocycles. The fourth-order valence-electron chi connectivity index (χ4n) is 3.58. The summed E-state index contributed by atoms with van der Waals surface area (Å²) in [5.41, 5.74) is 5.88. The van der Waals surface area contributed by atoms with Crippen LogP contribution in [0.5, 0.6) is 0 Å². The van der Waals surface area contributed by atoms with E-state index in [1.807, 2.05) is 0 Å². The Morgan fingerprint density at radius 1 is 0.941 bits per heavy atom. The van der Waals surface area contributed by atoms with E-state index < -0.39 is 0 Å². The van der Waals surface area contributed by atoms with Crippen molar-refractivity contribution in [2.45, 2.75) is 38.0 Å². The van der Waals surface area contributed by atoms with Crippen LogP contribution in [0.2, 0.25) is 0 Å². The summed E-state index contributed by atoms with van der Waals surface area (Å²) in [6, 6.07) is 8.81.